The van der Waals surface area contributed by atoms with Gasteiger partial charge in [0, 0.05) is 19.1 Å². The van der Waals surface area contributed by atoms with Gasteiger partial charge in [-0.3, -0.25) is 4.99 Å². The van der Waals surface area contributed by atoms with Crippen molar-refractivity contribution in [2.45, 2.75) is 26.3 Å². The topological polar surface area (TPSA) is 54.1 Å². The summed E-state index contributed by atoms with van der Waals surface area (Å²) in [5, 5.41) is 0. The maximum absolute atomic E-state index is 6.03. The number of nitrogens with two attached hydrogens (primary N) is 1. The van der Waals surface area contributed by atoms with Gasteiger partial charge >= 0.3 is 0 Å². The Morgan fingerprint density at radius 2 is 1.89 bits per heavy atom. The normalized spacial score (nSPS) is 18.6. The smallest absolute Gasteiger partial charge is 0.191 e. The Morgan fingerprint density at radius 3 is 2.37 bits per heavy atom. The molecule has 1 rings (SSSR count). The molecule has 0 aromatic rings. The summed E-state index contributed by atoms with van der Waals surface area (Å²) in [4.78, 5) is 8.88. The molecule has 5 nitrogen and oxygen atoms in total. The van der Waals surface area contributed by atoms with Crippen LogP contribution in [0, 0.1) is 5.92 Å². The Bertz CT molecular complexity index is 265. The SMILES string of the molecule is CC(C)CC(CN=C(N)N1CCOCC1)N(C)C.I. The van der Waals surface area contributed by atoms with Crippen LogP contribution in [0.3, 0.4) is 0 Å². The molecule has 6 heteroatoms. The van der Waals surface area contributed by atoms with E-state index in [0.29, 0.717) is 17.9 Å². The predicted octanol–water partition coefficient (Wildman–Crippen LogP) is 1.23. The van der Waals surface area contributed by atoms with Gasteiger partial charge in [-0.25, -0.2) is 0 Å². The standard InChI is InChI=1S/C13H28N4O.HI/c1-11(2)9-12(16(3)4)10-15-13(14)17-5-7-18-8-6-17;/h11-12H,5-10H2,1-4H3,(H2,14,15);1H. The van der Waals surface area contributed by atoms with E-state index in [1.165, 1.54) is 0 Å². The first-order valence-electron chi connectivity index (χ1n) is 6.79. The van der Waals surface area contributed by atoms with Crippen LogP contribution in [0.2, 0.25) is 0 Å². The Morgan fingerprint density at radius 1 is 1.32 bits per heavy atom. The van der Waals surface area contributed by atoms with Crippen molar-refractivity contribution in [3.05, 3.63) is 0 Å². The molecule has 2 N–H and O–H groups in total. The van der Waals surface area contributed by atoms with Crippen LogP contribution in [0.15, 0.2) is 4.99 Å². The molecule has 0 aliphatic carbocycles. The van der Waals surface area contributed by atoms with E-state index in [1.807, 2.05) is 0 Å². The van der Waals surface area contributed by atoms with Crippen LogP contribution in [0.1, 0.15) is 20.3 Å². The zero-order chi connectivity index (χ0) is 13.5. The Kier molecular flexibility index (Phi) is 9.72. The lowest BCUT2D eigenvalue weighted by Crippen LogP contribution is -2.45. The lowest BCUT2D eigenvalue weighted by atomic mass is 10.0. The number of ether oxygens (including phenoxy) is 1. The molecule has 0 saturated carbocycles. The van der Waals surface area contributed by atoms with E-state index in [4.69, 9.17) is 10.5 Å². The number of aliphatic imine (C=N–C) groups is 1. The monoisotopic (exact) mass is 384 g/mol. The molecule has 1 atom stereocenters. The fourth-order valence-electron chi connectivity index (χ4n) is 2.08. The minimum atomic E-state index is 0. The number of hydrogen-bond donors (Lipinski definition) is 1. The quantitative estimate of drug-likeness (QED) is 0.440. The first-order chi connectivity index (χ1) is 8.50. The number of halogens is 1. The summed E-state index contributed by atoms with van der Waals surface area (Å²) >= 11 is 0. The zero-order valence-corrected chi connectivity index (χ0v) is 15.0. The minimum absolute atomic E-state index is 0. The van der Waals surface area contributed by atoms with Gasteiger partial charge in [0.25, 0.3) is 0 Å². The average Bonchev–Trinajstić information content (AvgIpc) is 2.34. The highest BCUT2D eigenvalue weighted by Gasteiger charge is 2.15. The van der Waals surface area contributed by atoms with Crippen molar-refractivity contribution in [2.24, 2.45) is 16.6 Å². The summed E-state index contributed by atoms with van der Waals surface area (Å²) in [6.45, 7) is 8.46. The van der Waals surface area contributed by atoms with Crippen molar-refractivity contribution in [1.29, 1.82) is 0 Å². The highest BCUT2D eigenvalue weighted by atomic mass is 127. The van der Waals surface area contributed by atoms with Gasteiger partial charge in [-0.05, 0) is 26.4 Å². The largest absolute Gasteiger partial charge is 0.378 e. The summed E-state index contributed by atoms with van der Waals surface area (Å²) in [5.74, 6) is 1.34. The van der Waals surface area contributed by atoms with Crippen LogP contribution in [0.4, 0.5) is 0 Å². The van der Waals surface area contributed by atoms with Crippen LogP contribution < -0.4 is 5.73 Å². The molecule has 0 aromatic carbocycles. The van der Waals surface area contributed by atoms with Gasteiger partial charge in [-0.1, -0.05) is 13.8 Å². The summed E-state index contributed by atoms with van der Waals surface area (Å²) in [6, 6.07) is 0.463. The van der Waals surface area contributed by atoms with E-state index in [1.54, 1.807) is 0 Å². The second kappa shape index (κ2) is 9.77. The van der Waals surface area contributed by atoms with Gasteiger partial charge in [-0.2, -0.15) is 0 Å². The Hall–Kier alpha value is -0.0800. The van der Waals surface area contributed by atoms with E-state index in [0.717, 1.165) is 39.3 Å². The number of hydrogen-bond acceptors (Lipinski definition) is 3. The Balaban J connectivity index is 0.00000324. The molecule has 114 valence electrons. The summed E-state index contributed by atoms with van der Waals surface area (Å²) < 4.78 is 5.31. The van der Waals surface area contributed by atoms with Crippen molar-refractivity contribution in [1.82, 2.24) is 9.80 Å². The molecular weight excluding hydrogens is 355 g/mol. The third-order valence-corrected chi connectivity index (χ3v) is 3.27. The van der Waals surface area contributed by atoms with E-state index in [-0.39, 0.29) is 24.0 Å². The van der Waals surface area contributed by atoms with E-state index in [9.17, 15) is 0 Å². The van der Waals surface area contributed by atoms with Crippen molar-refractivity contribution >= 4 is 29.9 Å². The van der Waals surface area contributed by atoms with Gasteiger partial charge in [0.1, 0.15) is 0 Å². The number of rotatable bonds is 5. The van der Waals surface area contributed by atoms with Crippen LogP contribution in [0.5, 0.6) is 0 Å². The molecule has 0 aromatic heterocycles. The molecule has 1 aliphatic rings. The molecular formula is C13H29IN4O. The number of guanidine groups is 1. The second-order valence-electron chi connectivity index (χ2n) is 5.55. The number of nitrogens with zero attached hydrogens (tertiary/aromatic N) is 3. The van der Waals surface area contributed by atoms with Gasteiger partial charge in [0.05, 0.1) is 19.8 Å². The lowest BCUT2D eigenvalue weighted by Gasteiger charge is -2.29. The fraction of sp³-hybridized carbons (Fsp3) is 0.923. The minimum Gasteiger partial charge on any atom is -0.378 e. The van der Waals surface area contributed by atoms with Crippen molar-refractivity contribution < 1.29 is 4.74 Å². The molecule has 19 heavy (non-hydrogen) atoms. The average molecular weight is 384 g/mol. The van der Waals surface area contributed by atoms with Crippen LogP contribution in [-0.2, 0) is 4.74 Å². The van der Waals surface area contributed by atoms with Crippen molar-refractivity contribution in [2.75, 3.05) is 46.9 Å². The molecule has 1 fully saturated rings. The van der Waals surface area contributed by atoms with Crippen LogP contribution >= 0.6 is 24.0 Å². The highest BCUT2D eigenvalue weighted by Crippen LogP contribution is 2.09. The van der Waals surface area contributed by atoms with Gasteiger partial charge in [0.15, 0.2) is 5.96 Å². The number of morpholine rings is 1. The third-order valence-electron chi connectivity index (χ3n) is 3.27. The van der Waals surface area contributed by atoms with Crippen LogP contribution in [-0.4, -0.2) is 68.7 Å². The molecule has 1 heterocycles. The second-order valence-corrected chi connectivity index (χ2v) is 5.55. The van der Waals surface area contributed by atoms with E-state index in [2.05, 4.69) is 42.7 Å². The molecule has 1 aliphatic heterocycles. The maximum Gasteiger partial charge on any atom is 0.191 e. The molecule has 0 spiro atoms. The summed E-state index contributed by atoms with van der Waals surface area (Å²) in [5.41, 5.74) is 6.03. The number of likely N-dealkylation sites (N-methyl/N-ethyl adjacent to an activating group) is 1. The first-order valence-corrected chi connectivity index (χ1v) is 6.79. The molecule has 1 saturated heterocycles. The predicted molar refractivity (Wildman–Crippen MR) is 91.2 cm³/mol. The summed E-state index contributed by atoms with van der Waals surface area (Å²) in [6.07, 6.45) is 1.15. The highest BCUT2D eigenvalue weighted by molar-refractivity contribution is 14.0. The van der Waals surface area contributed by atoms with Crippen molar-refractivity contribution in [3.63, 3.8) is 0 Å². The fourth-order valence-corrected chi connectivity index (χ4v) is 2.08. The molecule has 0 amide bonds. The van der Waals surface area contributed by atoms with E-state index < -0.39 is 0 Å². The van der Waals surface area contributed by atoms with Gasteiger partial charge in [0.2, 0.25) is 0 Å². The molecule has 0 bridgehead atoms. The maximum atomic E-state index is 6.03. The van der Waals surface area contributed by atoms with E-state index >= 15 is 0 Å². The third kappa shape index (κ3) is 7.31. The lowest BCUT2D eigenvalue weighted by molar-refractivity contribution is 0.0673. The Labute approximate surface area is 134 Å². The zero-order valence-electron chi connectivity index (χ0n) is 12.6. The van der Waals surface area contributed by atoms with Gasteiger partial charge < -0.3 is 20.3 Å². The summed E-state index contributed by atoms with van der Waals surface area (Å²) in [7, 11) is 4.21. The first kappa shape index (κ1) is 18.9. The molecule has 0 radical (unpaired) electrons. The molecule has 1 unspecified atom stereocenters. The van der Waals surface area contributed by atoms with Gasteiger partial charge in [-0.15, -0.1) is 24.0 Å². The van der Waals surface area contributed by atoms with Crippen molar-refractivity contribution in [3.8, 4) is 0 Å². The van der Waals surface area contributed by atoms with Crippen LogP contribution in [0.25, 0.3) is 0 Å².